The van der Waals surface area contributed by atoms with Gasteiger partial charge in [0.25, 0.3) is 5.91 Å². The van der Waals surface area contributed by atoms with E-state index in [9.17, 15) is 30.0 Å². The van der Waals surface area contributed by atoms with Crippen molar-refractivity contribution >= 4 is 17.4 Å². The molecule has 6 N–H and O–H groups in total. The van der Waals surface area contributed by atoms with Crippen molar-refractivity contribution in [3.63, 3.8) is 0 Å². The lowest BCUT2D eigenvalue weighted by molar-refractivity contribution is -0.127. The second-order valence-electron chi connectivity index (χ2n) is 10.3. The Morgan fingerprint density at radius 2 is 1.91 bits per heavy atom. The Balaban J connectivity index is 1.69. The number of hydrogen-bond donors (Lipinski definition) is 5. The number of aliphatic hydroxyl groups is 3. The number of nitrogens with two attached hydrogens (primary N) is 1. The van der Waals surface area contributed by atoms with Crippen LogP contribution in [0, 0.1) is 17.7 Å². The Labute approximate surface area is 200 Å². The number of likely N-dealkylation sites (N-methyl/N-ethyl adjacent to an activating group) is 1. The van der Waals surface area contributed by atoms with Gasteiger partial charge >= 0.3 is 0 Å². The van der Waals surface area contributed by atoms with Gasteiger partial charge in [0, 0.05) is 29.2 Å². The molecule has 1 aromatic carbocycles. The summed E-state index contributed by atoms with van der Waals surface area (Å²) in [7, 11) is 6.78. The van der Waals surface area contributed by atoms with Crippen molar-refractivity contribution in [2.24, 2.45) is 17.6 Å². The zero-order valence-electron chi connectivity index (χ0n) is 19.8. The van der Waals surface area contributed by atoms with Gasteiger partial charge in [-0.05, 0) is 53.0 Å². The molecule has 1 heterocycles. The minimum atomic E-state index is -2.45. The van der Waals surface area contributed by atoms with Crippen LogP contribution in [0.2, 0.25) is 0 Å². The van der Waals surface area contributed by atoms with Gasteiger partial charge in [0.1, 0.15) is 28.7 Å². The van der Waals surface area contributed by atoms with E-state index in [1.54, 1.807) is 38.0 Å². The summed E-state index contributed by atoms with van der Waals surface area (Å²) in [5.74, 6) is -7.86. The largest absolute Gasteiger partial charge is 0.510 e. The molecule has 188 valence electrons. The highest BCUT2D eigenvalue weighted by molar-refractivity contribution is 6.14. The van der Waals surface area contributed by atoms with E-state index < -0.39 is 63.9 Å². The quantitative estimate of drug-likeness (QED) is 0.375. The highest BCUT2D eigenvalue weighted by Crippen LogP contribution is 2.67. The number of carbonyl (C=O) groups excluding carboxylic acids is 2. The van der Waals surface area contributed by atoms with Gasteiger partial charge in [0.2, 0.25) is 11.6 Å². The molecule has 2 fully saturated rings. The van der Waals surface area contributed by atoms with Crippen molar-refractivity contribution in [1.29, 1.82) is 0 Å². The molecule has 1 spiro atoms. The van der Waals surface area contributed by atoms with Crippen molar-refractivity contribution in [3.05, 3.63) is 45.5 Å². The number of nitrogens with zero attached hydrogens (tertiary/aromatic N) is 2. The zero-order valence-corrected chi connectivity index (χ0v) is 19.8. The average molecular weight is 490 g/mol. The molecular formula is C24H28FN3O7. The molecule has 1 saturated carbocycles. The Hall–Kier alpha value is -2.99. The number of primary amides is 1. The Kier molecular flexibility index (Phi) is 4.93. The lowest BCUT2D eigenvalue weighted by atomic mass is 9.58. The maximum absolute atomic E-state index is 15.5. The number of amides is 1. The molecule has 10 nitrogen and oxygen atoms in total. The van der Waals surface area contributed by atoms with Crippen LogP contribution in [-0.2, 0) is 27.3 Å². The van der Waals surface area contributed by atoms with E-state index in [2.05, 4.69) is 0 Å². The summed E-state index contributed by atoms with van der Waals surface area (Å²) in [4.78, 5) is 29.4. The van der Waals surface area contributed by atoms with E-state index in [0.717, 1.165) is 0 Å². The predicted octanol–water partition coefficient (Wildman–Crippen LogP) is 0.322. The van der Waals surface area contributed by atoms with E-state index >= 15 is 4.39 Å². The fraction of sp³-hybridized carbons (Fsp3) is 0.500. The first-order valence-corrected chi connectivity index (χ1v) is 11.3. The Morgan fingerprint density at radius 3 is 2.49 bits per heavy atom. The standard InChI is InChI=1S/C24H28FN3O7/c1-27(2)8-10-7-13(29)15-11(17(10)25)5-9-6-12-18(28(3)4)20(31)16(22(26)33)24(34)23(12,35-24)21(32)14(9)19(15)30/h7,9,12,18,29-31,34H,5-6,8H2,1-4H3,(H2,26,33)/t9-,12-,18-,23-,24?/m0/s1. The molecule has 0 radical (unpaired) electrons. The van der Waals surface area contributed by atoms with E-state index in [1.165, 1.54) is 6.07 Å². The number of Topliss-reactive ketones (excluding diaryl/α,β-unsaturated/α-hetero) is 1. The third-order valence-corrected chi connectivity index (χ3v) is 7.73. The van der Waals surface area contributed by atoms with Crippen LogP contribution in [0.1, 0.15) is 23.1 Å². The van der Waals surface area contributed by atoms with E-state index in [0.29, 0.717) is 0 Å². The second kappa shape index (κ2) is 7.26. The lowest BCUT2D eigenvalue weighted by Gasteiger charge is -2.45. The number of hydrogen-bond acceptors (Lipinski definition) is 9. The monoisotopic (exact) mass is 489 g/mol. The van der Waals surface area contributed by atoms with Crippen LogP contribution in [0.25, 0.3) is 5.76 Å². The molecular weight excluding hydrogens is 461 g/mol. The molecule has 1 aliphatic heterocycles. The van der Waals surface area contributed by atoms with Crippen LogP contribution in [-0.4, -0.2) is 87.5 Å². The third kappa shape index (κ3) is 2.83. The third-order valence-electron chi connectivity index (χ3n) is 7.73. The lowest BCUT2D eigenvalue weighted by Crippen LogP contribution is -2.60. The highest BCUT2D eigenvalue weighted by Gasteiger charge is 2.85. The Morgan fingerprint density at radius 1 is 1.26 bits per heavy atom. The van der Waals surface area contributed by atoms with E-state index in [4.69, 9.17) is 10.5 Å². The number of phenols is 1. The number of carbonyl (C=O) groups is 2. The normalized spacial score (nSPS) is 33.5. The number of rotatable bonds is 4. The van der Waals surface area contributed by atoms with Crippen molar-refractivity contribution in [3.8, 4) is 5.75 Å². The molecule has 0 bridgehead atoms. The molecule has 4 aliphatic rings. The molecule has 3 aliphatic carbocycles. The number of epoxide rings is 1. The SMILES string of the molecule is CN(C)Cc1cc(O)c2c(c1F)C[C@H]1C[C@H]3[C@H](N(C)C)C(O)=C(C(N)=O)C4(O)O[C@]34C(=O)C1=C2O. The highest BCUT2D eigenvalue weighted by atomic mass is 19.1. The first-order valence-electron chi connectivity index (χ1n) is 11.3. The van der Waals surface area contributed by atoms with Crippen molar-refractivity contribution in [2.45, 2.75) is 36.8 Å². The molecule has 0 aromatic heterocycles. The van der Waals surface area contributed by atoms with Crippen molar-refractivity contribution < 1.29 is 39.1 Å². The fourth-order valence-electron chi connectivity index (χ4n) is 6.41. The number of fused-ring (bicyclic) bond motifs is 2. The van der Waals surface area contributed by atoms with Gasteiger partial charge in [-0.15, -0.1) is 0 Å². The second-order valence-corrected chi connectivity index (χ2v) is 10.3. The van der Waals surface area contributed by atoms with Crippen LogP contribution >= 0.6 is 0 Å². The minimum Gasteiger partial charge on any atom is -0.510 e. The average Bonchev–Trinajstić information content (AvgIpc) is 3.36. The van der Waals surface area contributed by atoms with Gasteiger partial charge in [-0.25, -0.2) is 4.39 Å². The maximum Gasteiger partial charge on any atom is 0.253 e. The molecule has 1 amide bonds. The number of ether oxygens (including phenoxy) is 1. The summed E-state index contributed by atoms with van der Waals surface area (Å²) in [6, 6.07) is 0.325. The predicted molar refractivity (Wildman–Crippen MR) is 120 cm³/mol. The number of ketones is 1. The van der Waals surface area contributed by atoms with Crippen molar-refractivity contribution in [2.75, 3.05) is 28.2 Å². The maximum atomic E-state index is 15.5. The van der Waals surface area contributed by atoms with Gasteiger partial charge < -0.3 is 35.8 Å². The molecule has 35 heavy (non-hydrogen) atoms. The molecule has 5 atom stereocenters. The fourth-order valence-corrected chi connectivity index (χ4v) is 6.41. The van der Waals surface area contributed by atoms with E-state index in [-0.39, 0.29) is 47.4 Å². The minimum absolute atomic E-state index is 0.0133. The van der Waals surface area contributed by atoms with Crippen LogP contribution in [0.15, 0.2) is 23.0 Å². The first-order chi connectivity index (χ1) is 16.3. The van der Waals surface area contributed by atoms with Gasteiger partial charge in [0.05, 0.1) is 11.6 Å². The van der Waals surface area contributed by atoms with Crippen LogP contribution < -0.4 is 5.73 Å². The van der Waals surface area contributed by atoms with Gasteiger partial charge in [-0.2, -0.15) is 0 Å². The van der Waals surface area contributed by atoms with Crippen molar-refractivity contribution in [1.82, 2.24) is 9.80 Å². The first kappa shape index (κ1) is 23.7. The Bertz CT molecular complexity index is 1260. The van der Waals surface area contributed by atoms with Crippen LogP contribution in [0.5, 0.6) is 5.75 Å². The summed E-state index contributed by atoms with van der Waals surface area (Å²) in [5.41, 5.74) is 2.94. The smallest absolute Gasteiger partial charge is 0.253 e. The van der Waals surface area contributed by atoms with Gasteiger partial charge in [0.15, 0.2) is 5.60 Å². The van der Waals surface area contributed by atoms with E-state index in [1.807, 2.05) is 0 Å². The number of aliphatic hydroxyl groups excluding tert-OH is 2. The summed E-state index contributed by atoms with van der Waals surface area (Å²) >= 11 is 0. The number of phenolic OH excluding ortho intramolecular Hbond substituents is 1. The summed E-state index contributed by atoms with van der Waals surface area (Å²) < 4.78 is 21.0. The molecule has 1 saturated heterocycles. The van der Waals surface area contributed by atoms with Gasteiger partial charge in [-0.1, -0.05) is 0 Å². The summed E-state index contributed by atoms with van der Waals surface area (Å²) in [5, 5.41) is 43.9. The topological polar surface area (TPSA) is 160 Å². The summed E-state index contributed by atoms with van der Waals surface area (Å²) in [6.45, 7) is 0.220. The molecule has 5 rings (SSSR count). The molecule has 1 unspecified atom stereocenters. The van der Waals surface area contributed by atoms with Crippen LogP contribution in [0.3, 0.4) is 0 Å². The van der Waals surface area contributed by atoms with Crippen LogP contribution in [0.4, 0.5) is 4.39 Å². The summed E-state index contributed by atoms with van der Waals surface area (Å²) in [6.07, 6.45) is 0.142. The number of benzene rings is 1. The van der Waals surface area contributed by atoms with Gasteiger partial charge in [-0.3, -0.25) is 14.5 Å². The molecule has 11 heteroatoms. The number of aromatic hydroxyl groups is 1. The zero-order chi connectivity index (χ0) is 25.8. The number of halogens is 1. The molecule has 1 aromatic rings.